The average molecular weight is 292 g/mol. The standard InChI is InChI=1S/C18H29NS/c1-13(2)9-14-5-3-7-16(10-14)19-12-17-11-15-6-4-8-18(15)20-17/h11,13-14,16,19H,3-10,12H2,1-2H3. The Kier molecular flexibility index (Phi) is 4.83. The predicted octanol–water partition coefficient (Wildman–Crippen LogP) is 4.93. The number of rotatable bonds is 5. The zero-order valence-electron chi connectivity index (χ0n) is 13.1. The molecule has 1 saturated carbocycles. The smallest absolute Gasteiger partial charge is 0.0302 e. The third-order valence-electron chi connectivity index (χ3n) is 4.95. The number of aryl methyl sites for hydroxylation is 2. The van der Waals surface area contributed by atoms with Crippen molar-refractivity contribution in [3.05, 3.63) is 21.4 Å². The van der Waals surface area contributed by atoms with Crippen LogP contribution >= 0.6 is 11.3 Å². The van der Waals surface area contributed by atoms with Crippen molar-refractivity contribution in [3.8, 4) is 0 Å². The summed E-state index contributed by atoms with van der Waals surface area (Å²) in [4.78, 5) is 3.24. The Morgan fingerprint density at radius 1 is 1.25 bits per heavy atom. The summed E-state index contributed by atoms with van der Waals surface area (Å²) in [6.07, 6.45) is 11.1. The maximum Gasteiger partial charge on any atom is 0.0302 e. The fourth-order valence-electron chi connectivity index (χ4n) is 4.08. The first-order valence-electron chi connectivity index (χ1n) is 8.54. The van der Waals surface area contributed by atoms with Crippen LogP contribution in [0.2, 0.25) is 0 Å². The van der Waals surface area contributed by atoms with E-state index in [1.807, 2.05) is 0 Å². The summed E-state index contributed by atoms with van der Waals surface area (Å²) in [7, 11) is 0. The minimum Gasteiger partial charge on any atom is -0.309 e. The summed E-state index contributed by atoms with van der Waals surface area (Å²) < 4.78 is 0. The lowest BCUT2D eigenvalue weighted by Crippen LogP contribution is -2.33. The molecule has 20 heavy (non-hydrogen) atoms. The quantitative estimate of drug-likeness (QED) is 0.811. The van der Waals surface area contributed by atoms with Gasteiger partial charge in [0.1, 0.15) is 0 Å². The second-order valence-corrected chi connectivity index (χ2v) is 8.48. The molecule has 2 heteroatoms. The Hall–Kier alpha value is -0.340. The third-order valence-corrected chi connectivity index (χ3v) is 6.19. The van der Waals surface area contributed by atoms with E-state index in [4.69, 9.17) is 0 Å². The molecule has 0 spiro atoms. The van der Waals surface area contributed by atoms with Gasteiger partial charge >= 0.3 is 0 Å². The van der Waals surface area contributed by atoms with Gasteiger partial charge in [0.05, 0.1) is 0 Å². The average Bonchev–Trinajstić information content (AvgIpc) is 2.96. The highest BCUT2D eigenvalue weighted by Crippen LogP contribution is 2.32. The van der Waals surface area contributed by atoms with Crippen LogP contribution in [0.1, 0.15) is 67.7 Å². The zero-order valence-corrected chi connectivity index (χ0v) is 13.9. The first-order valence-corrected chi connectivity index (χ1v) is 9.36. The number of nitrogens with one attached hydrogen (secondary N) is 1. The van der Waals surface area contributed by atoms with Gasteiger partial charge in [-0.15, -0.1) is 11.3 Å². The fraction of sp³-hybridized carbons (Fsp3) is 0.778. The number of thiophene rings is 1. The van der Waals surface area contributed by atoms with Gasteiger partial charge < -0.3 is 5.32 Å². The minimum atomic E-state index is 0.768. The first kappa shape index (κ1) is 14.6. The molecule has 2 aliphatic carbocycles. The molecule has 0 aromatic carbocycles. The first-order chi connectivity index (χ1) is 9.70. The summed E-state index contributed by atoms with van der Waals surface area (Å²) in [5, 5.41) is 3.84. The van der Waals surface area contributed by atoms with Gasteiger partial charge in [0, 0.05) is 22.3 Å². The van der Waals surface area contributed by atoms with Crippen LogP contribution < -0.4 is 5.32 Å². The Bertz CT molecular complexity index is 413. The number of hydrogen-bond donors (Lipinski definition) is 1. The van der Waals surface area contributed by atoms with E-state index in [0.717, 1.165) is 24.4 Å². The molecule has 1 aromatic rings. The van der Waals surface area contributed by atoms with Crippen molar-refractivity contribution in [1.29, 1.82) is 0 Å². The molecule has 3 rings (SSSR count). The molecule has 0 saturated heterocycles. The van der Waals surface area contributed by atoms with E-state index in [1.54, 1.807) is 15.3 Å². The third kappa shape index (κ3) is 3.65. The highest BCUT2D eigenvalue weighted by molar-refractivity contribution is 7.12. The Morgan fingerprint density at radius 3 is 2.95 bits per heavy atom. The van der Waals surface area contributed by atoms with Crippen LogP contribution in [0.5, 0.6) is 0 Å². The maximum absolute atomic E-state index is 3.84. The van der Waals surface area contributed by atoms with E-state index in [9.17, 15) is 0 Å². The van der Waals surface area contributed by atoms with E-state index in [1.165, 1.54) is 51.4 Å². The van der Waals surface area contributed by atoms with Crippen LogP contribution in [-0.4, -0.2) is 6.04 Å². The second kappa shape index (κ2) is 6.62. The summed E-state index contributed by atoms with van der Waals surface area (Å²) in [5.74, 6) is 1.83. The van der Waals surface area contributed by atoms with Gasteiger partial charge in [-0.1, -0.05) is 26.7 Å². The van der Waals surface area contributed by atoms with Crippen molar-refractivity contribution in [2.45, 2.75) is 77.8 Å². The summed E-state index contributed by atoms with van der Waals surface area (Å²) in [6, 6.07) is 3.23. The van der Waals surface area contributed by atoms with Crippen LogP contribution in [0, 0.1) is 11.8 Å². The molecular formula is C18H29NS. The van der Waals surface area contributed by atoms with E-state index in [0.29, 0.717) is 0 Å². The van der Waals surface area contributed by atoms with Crippen molar-refractivity contribution in [2.24, 2.45) is 11.8 Å². The SMILES string of the molecule is CC(C)CC1CCCC(NCc2cc3c(s2)CCC3)C1. The lowest BCUT2D eigenvalue weighted by atomic mass is 9.81. The molecule has 0 bridgehead atoms. The van der Waals surface area contributed by atoms with Crippen LogP contribution in [0.25, 0.3) is 0 Å². The van der Waals surface area contributed by atoms with Gasteiger partial charge in [0.15, 0.2) is 0 Å². The lowest BCUT2D eigenvalue weighted by molar-refractivity contribution is 0.252. The molecule has 0 aliphatic heterocycles. The molecule has 1 N–H and O–H groups in total. The van der Waals surface area contributed by atoms with Gasteiger partial charge in [-0.05, 0) is 62.0 Å². The summed E-state index contributed by atoms with van der Waals surface area (Å²) >= 11 is 2.06. The predicted molar refractivity (Wildman–Crippen MR) is 88.4 cm³/mol. The highest BCUT2D eigenvalue weighted by atomic mass is 32.1. The van der Waals surface area contributed by atoms with Gasteiger partial charge in [-0.3, -0.25) is 0 Å². The van der Waals surface area contributed by atoms with Gasteiger partial charge in [0.25, 0.3) is 0 Å². The van der Waals surface area contributed by atoms with Crippen LogP contribution in [0.4, 0.5) is 0 Å². The van der Waals surface area contributed by atoms with E-state index < -0.39 is 0 Å². The Morgan fingerprint density at radius 2 is 2.15 bits per heavy atom. The van der Waals surface area contributed by atoms with Crippen LogP contribution in [-0.2, 0) is 19.4 Å². The molecule has 1 nitrogen and oxygen atoms in total. The van der Waals surface area contributed by atoms with Gasteiger partial charge in [0.2, 0.25) is 0 Å². The highest BCUT2D eigenvalue weighted by Gasteiger charge is 2.22. The molecule has 0 radical (unpaired) electrons. The number of hydrogen-bond acceptors (Lipinski definition) is 2. The maximum atomic E-state index is 3.84. The molecule has 0 amide bonds. The summed E-state index contributed by atoms with van der Waals surface area (Å²) in [6.45, 7) is 5.84. The lowest BCUT2D eigenvalue weighted by Gasteiger charge is -2.30. The summed E-state index contributed by atoms with van der Waals surface area (Å²) in [5.41, 5.74) is 1.65. The van der Waals surface area contributed by atoms with Crippen LogP contribution in [0.15, 0.2) is 6.07 Å². The monoisotopic (exact) mass is 291 g/mol. The molecule has 1 aromatic heterocycles. The Balaban J connectivity index is 1.47. The topological polar surface area (TPSA) is 12.0 Å². The molecular weight excluding hydrogens is 262 g/mol. The molecule has 1 fully saturated rings. The number of fused-ring (bicyclic) bond motifs is 1. The molecule has 1 heterocycles. The fourth-order valence-corrected chi connectivity index (χ4v) is 5.29. The van der Waals surface area contributed by atoms with E-state index >= 15 is 0 Å². The van der Waals surface area contributed by atoms with Crippen molar-refractivity contribution in [3.63, 3.8) is 0 Å². The van der Waals surface area contributed by atoms with Crippen molar-refractivity contribution >= 4 is 11.3 Å². The van der Waals surface area contributed by atoms with Crippen molar-refractivity contribution in [2.75, 3.05) is 0 Å². The van der Waals surface area contributed by atoms with Crippen molar-refractivity contribution < 1.29 is 0 Å². The molecule has 112 valence electrons. The van der Waals surface area contributed by atoms with E-state index in [-0.39, 0.29) is 0 Å². The molecule has 2 unspecified atom stereocenters. The van der Waals surface area contributed by atoms with Crippen LogP contribution in [0.3, 0.4) is 0 Å². The zero-order chi connectivity index (χ0) is 13.9. The van der Waals surface area contributed by atoms with Gasteiger partial charge in [-0.2, -0.15) is 0 Å². The molecule has 2 atom stereocenters. The second-order valence-electron chi connectivity index (χ2n) is 7.25. The van der Waals surface area contributed by atoms with E-state index in [2.05, 4.69) is 36.6 Å². The normalized spacial score (nSPS) is 26.1. The van der Waals surface area contributed by atoms with Gasteiger partial charge in [-0.25, -0.2) is 0 Å². The minimum absolute atomic E-state index is 0.768. The molecule has 2 aliphatic rings. The largest absolute Gasteiger partial charge is 0.309 e. The van der Waals surface area contributed by atoms with Crippen molar-refractivity contribution in [1.82, 2.24) is 5.32 Å². The Labute approximate surface area is 128 Å².